The number of rotatable bonds is 4. The van der Waals surface area contributed by atoms with Crippen LogP contribution in [0.5, 0.6) is 0 Å². The molecule has 1 fully saturated rings. The van der Waals surface area contributed by atoms with Crippen molar-refractivity contribution in [2.45, 2.75) is 25.8 Å². The van der Waals surface area contributed by atoms with Crippen molar-refractivity contribution in [2.24, 2.45) is 5.92 Å². The summed E-state index contributed by atoms with van der Waals surface area (Å²) in [7, 11) is 0. The zero-order valence-corrected chi connectivity index (χ0v) is 9.93. The highest BCUT2D eigenvalue weighted by atomic mass is 32.1. The van der Waals surface area contributed by atoms with Crippen LogP contribution in [0.15, 0.2) is 10.9 Å². The molecule has 0 spiro atoms. The number of nitrogens with one attached hydrogen (secondary N) is 1. The van der Waals surface area contributed by atoms with E-state index in [-0.39, 0.29) is 0 Å². The summed E-state index contributed by atoms with van der Waals surface area (Å²) < 4.78 is 5.40. The fraction of sp³-hybridized carbons (Fsp3) is 0.727. The molecule has 1 aromatic rings. The molecule has 1 aliphatic rings. The third-order valence-electron chi connectivity index (χ3n) is 2.93. The fourth-order valence-corrected chi connectivity index (χ4v) is 2.75. The number of thiazole rings is 1. The fourth-order valence-electron chi connectivity index (χ4n) is 2.16. The molecule has 15 heavy (non-hydrogen) atoms. The number of nitrogens with zero attached hydrogens (tertiary/aromatic N) is 1. The van der Waals surface area contributed by atoms with Crippen molar-refractivity contribution in [1.82, 2.24) is 10.3 Å². The van der Waals surface area contributed by atoms with Crippen LogP contribution in [0.2, 0.25) is 0 Å². The lowest BCUT2D eigenvalue weighted by Crippen LogP contribution is -2.32. The summed E-state index contributed by atoms with van der Waals surface area (Å²) in [4.78, 5) is 4.43. The van der Waals surface area contributed by atoms with Gasteiger partial charge in [-0.25, -0.2) is 4.98 Å². The van der Waals surface area contributed by atoms with Crippen LogP contribution in [0.3, 0.4) is 0 Å². The largest absolute Gasteiger partial charge is 0.381 e. The zero-order chi connectivity index (χ0) is 10.5. The summed E-state index contributed by atoms with van der Waals surface area (Å²) in [6.07, 6.45) is 2.30. The van der Waals surface area contributed by atoms with Crippen LogP contribution in [0.1, 0.15) is 31.5 Å². The van der Waals surface area contributed by atoms with Gasteiger partial charge >= 0.3 is 0 Å². The van der Waals surface area contributed by atoms with Crippen LogP contribution in [-0.2, 0) is 4.74 Å². The Morgan fingerprint density at radius 1 is 1.60 bits per heavy atom. The van der Waals surface area contributed by atoms with Crippen molar-refractivity contribution < 1.29 is 4.74 Å². The Morgan fingerprint density at radius 2 is 2.40 bits per heavy atom. The highest BCUT2D eigenvalue weighted by Gasteiger charge is 2.25. The van der Waals surface area contributed by atoms with Gasteiger partial charge in [-0.05, 0) is 25.3 Å². The predicted molar refractivity (Wildman–Crippen MR) is 62.1 cm³/mol. The molecule has 0 saturated carbocycles. The lowest BCUT2D eigenvalue weighted by Gasteiger charge is -2.29. The molecular formula is C11H18N2OS. The summed E-state index contributed by atoms with van der Waals surface area (Å²) >= 11 is 1.68. The molecule has 1 atom stereocenters. The smallest absolute Gasteiger partial charge is 0.0795 e. The van der Waals surface area contributed by atoms with Crippen molar-refractivity contribution in [2.75, 3.05) is 19.8 Å². The van der Waals surface area contributed by atoms with E-state index in [4.69, 9.17) is 4.74 Å². The van der Waals surface area contributed by atoms with E-state index in [0.29, 0.717) is 12.0 Å². The first-order valence-electron chi connectivity index (χ1n) is 5.61. The lowest BCUT2D eigenvalue weighted by molar-refractivity contribution is 0.0533. The summed E-state index contributed by atoms with van der Waals surface area (Å²) in [5.74, 6) is 0.681. The van der Waals surface area contributed by atoms with E-state index in [1.165, 1.54) is 5.69 Å². The van der Waals surface area contributed by atoms with Crippen LogP contribution in [-0.4, -0.2) is 24.7 Å². The van der Waals surface area contributed by atoms with E-state index < -0.39 is 0 Å². The van der Waals surface area contributed by atoms with Crippen molar-refractivity contribution in [1.29, 1.82) is 0 Å². The Labute approximate surface area is 94.9 Å². The first kappa shape index (κ1) is 11.0. The lowest BCUT2D eigenvalue weighted by atomic mass is 9.90. The minimum Gasteiger partial charge on any atom is -0.381 e. The predicted octanol–water partition coefficient (Wildman–Crippen LogP) is 2.22. The Morgan fingerprint density at radius 3 is 3.00 bits per heavy atom. The van der Waals surface area contributed by atoms with Crippen LogP contribution in [0, 0.1) is 5.92 Å². The zero-order valence-electron chi connectivity index (χ0n) is 9.11. The van der Waals surface area contributed by atoms with Crippen LogP contribution < -0.4 is 5.32 Å². The van der Waals surface area contributed by atoms with Gasteiger partial charge in [-0.1, -0.05) is 6.92 Å². The molecule has 3 nitrogen and oxygen atoms in total. The maximum Gasteiger partial charge on any atom is 0.0795 e. The summed E-state index contributed by atoms with van der Waals surface area (Å²) in [5.41, 5.74) is 3.12. The molecule has 0 aromatic carbocycles. The van der Waals surface area contributed by atoms with Gasteiger partial charge in [0.15, 0.2) is 0 Å². The monoisotopic (exact) mass is 226 g/mol. The van der Waals surface area contributed by atoms with Crippen LogP contribution >= 0.6 is 11.3 Å². The number of hydrogen-bond donors (Lipinski definition) is 1. The second-order valence-corrected chi connectivity index (χ2v) is 4.62. The molecule has 1 saturated heterocycles. The first-order valence-corrected chi connectivity index (χ1v) is 6.55. The van der Waals surface area contributed by atoms with Crippen molar-refractivity contribution >= 4 is 11.3 Å². The standard InChI is InChI=1S/C11H18N2OS/c1-2-12-11(10-7-15-8-13-10)9-3-5-14-6-4-9/h7-9,11-12H,2-6H2,1H3. The van der Waals surface area contributed by atoms with E-state index in [9.17, 15) is 0 Å². The van der Waals surface area contributed by atoms with Crippen molar-refractivity contribution in [3.8, 4) is 0 Å². The second kappa shape index (κ2) is 5.58. The Hall–Kier alpha value is -0.450. The quantitative estimate of drug-likeness (QED) is 0.855. The average Bonchev–Trinajstić information content (AvgIpc) is 2.80. The molecule has 1 aliphatic heterocycles. The van der Waals surface area contributed by atoms with Gasteiger partial charge in [0.25, 0.3) is 0 Å². The highest BCUT2D eigenvalue weighted by Crippen LogP contribution is 2.29. The molecule has 0 amide bonds. The van der Waals surface area contributed by atoms with Crippen LogP contribution in [0.4, 0.5) is 0 Å². The summed E-state index contributed by atoms with van der Waals surface area (Å²) in [6, 6.07) is 0.421. The normalized spacial score (nSPS) is 20.3. The van der Waals surface area contributed by atoms with Gasteiger partial charge in [0.05, 0.1) is 17.2 Å². The van der Waals surface area contributed by atoms with Gasteiger partial charge in [0.1, 0.15) is 0 Å². The average molecular weight is 226 g/mol. The summed E-state index contributed by atoms with van der Waals surface area (Å²) in [6.45, 7) is 4.95. The molecule has 1 N–H and O–H groups in total. The Balaban J connectivity index is 2.04. The van der Waals surface area contributed by atoms with Gasteiger partial charge in [0.2, 0.25) is 0 Å². The molecule has 0 aliphatic carbocycles. The Kier molecular flexibility index (Phi) is 4.11. The first-order chi connectivity index (χ1) is 7.42. The molecule has 0 radical (unpaired) electrons. The molecule has 2 heterocycles. The molecule has 4 heteroatoms. The molecular weight excluding hydrogens is 208 g/mol. The molecule has 1 unspecified atom stereocenters. The van der Waals surface area contributed by atoms with Gasteiger partial charge in [-0.15, -0.1) is 11.3 Å². The van der Waals surface area contributed by atoms with E-state index in [2.05, 4.69) is 22.6 Å². The van der Waals surface area contributed by atoms with E-state index in [1.807, 2.05) is 5.51 Å². The Bertz CT molecular complexity index is 270. The third-order valence-corrected chi connectivity index (χ3v) is 3.54. The minimum absolute atomic E-state index is 0.421. The van der Waals surface area contributed by atoms with Gasteiger partial charge in [-0.2, -0.15) is 0 Å². The highest BCUT2D eigenvalue weighted by molar-refractivity contribution is 7.07. The van der Waals surface area contributed by atoms with Crippen LogP contribution in [0.25, 0.3) is 0 Å². The molecule has 1 aromatic heterocycles. The van der Waals surface area contributed by atoms with Gasteiger partial charge < -0.3 is 10.1 Å². The summed E-state index contributed by atoms with van der Waals surface area (Å²) in [5, 5.41) is 5.70. The van der Waals surface area contributed by atoms with E-state index in [0.717, 1.165) is 32.6 Å². The second-order valence-electron chi connectivity index (χ2n) is 3.90. The third kappa shape index (κ3) is 2.77. The van der Waals surface area contributed by atoms with Crippen molar-refractivity contribution in [3.05, 3.63) is 16.6 Å². The van der Waals surface area contributed by atoms with Crippen molar-refractivity contribution in [3.63, 3.8) is 0 Å². The minimum atomic E-state index is 0.421. The SMILES string of the molecule is CCNC(c1cscn1)C1CCOCC1. The molecule has 2 rings (SSSR count). The van der Waals surface area contributed by atoms with E-state index >= 15 is 0 Å². The maximum atomic E-state index is 5.40. The molecule has 84 valence electrons. The topological polar surface area (TPSA) is 34.2 Å². The van der Waals surface area contributed by atoms with E-state index in [1.54, 1.807) is 11.3 Å². The number of hydrogen-bond acceptors (Lipinski definition) is 4. The maximum absolute atomic E-state index is 5.40. The van der Waals surface area contributed by atoms with Gasteiger partial charge in [-0.3, -0.25) is 0 Å². The number of aromatic nitrogens is 1. The number of ether oxygens (including phenoxy) is 1. The molecule has 0 bridgehead atoms. The van der Waals surface area contributed by atoms with Gasteiger partial charge in [0, 0.05) is 18.6 Å².